The van der Waals surface area contributed by atoms with E-state index in [1.807, 2.05) is 12.1 Å². The number of anilines is 1. The Balaban J connectivity index is 1.28. The van der Waals surface area contributed by atoms with Gasteiger partial charge in [-0.3, -0.25) is 9.59 Å². The Morgan fingerprint density at radius 3 is 2.67 bits per heavy atom. The van der Waals surface area contributed by atoms with Crippen molar-refractivity contribution in [1.82, 2.24) is 20.2 Å². The Kier molecular flexibility index (Phi) is 9.25. The maximum atomic E-state index is 13.5. The van der Waals surface area contributed by atoms with Crippen LogP contribution in [0, 0.1) is 0 Å². The lowest BCUT2D eigenvalue weighted by atomic mass is 9.93. The summed E-state index contributed by atoms with van der Waals surface area (Å²) in [6.45, 7) is 1.67. The van der Waals surface area contributed by atoms with Gasteiger partial charge in [-0.15, -0.1) is 0 Å². The molecular formula is C31H36ClN5O5. The van der Waals surface area contributed by atoms with Crippen LogP contribution in [0.5, 0.6) is 5.75 Å². The minimum Gasteiger partial charge on any atom is -0.497 e. The van der Waals surface area contributed by atoms with Crippen LogP contribution in [0.3, 0.4) is 0 Å². The number of carbonyl (C=O) groups is 2. The van der Waals surface area contributed by atoms with Crippen molar-refractivity contribution >= 4 is 29.4 Å². The minimum absolute atomic E-state index is 0.252. The van der Waals surface area contributed by atoms with E-state index in [2.05, 4.69) is 20.6 Å². The monoisotopic (exact) mass is 593 g/mol. The largest absolute Gasteiger partial charge is 0.497 e. The quantitative estimate of drug-likeness (QED) is 0.316. The molecule has 2 amide bonds. The van der Waals surface area contributed by atoms with E-state index in [1.54, 1.807) is 57.7 Å². The number of aliphatic hydroxyl groups is 1. The topological polar surface area (TPSA) is 126 Å². The summed E-state index contributed by atoms with van der Waals surface area (Å²) in [5, 5.41) is 16.6. The molecule has 222 valence electrons. The average molecular weight is 594 g/mol. The third-order valence-electron chi connectivity index (χ3n) is 8.14. The molecule has 1 fully saturated rings. The maximum Gasteiger partial charge on any atom is 0.255 e. The molecule has 2 aliphatic rings. The van der Waals surface area contributed by atoms with Crippen molar-refractivity contribution in [2.75, 3.05) is 26.1 Å². The molecule has 0 radical (unpaired) electrons. The number of hydrogen-bond donors (Lipinski definition) is 3. The number of halogens is 1. The van der Waals surface area contributed by atoms with E-state index in [9.17, 15) is 14.7 Å². The Bertz CT molecular complexity index is 1440. The van der Waals surface area contributed by atoms with Crippen LogP contribution >= 0.6 is 11.6 Å². The van der Waals surface area contributed by atoms with E-state index in [0.29, 0.717) is 51.8 Å². The zero-order valence-corrected chi connectivity index (χ0v) is 24.7. The van der Waals surface area contributed by atoms with Gasteiger partial charge < -0.3 is 30.1 Å². The van der Waals surface area contributed by atoms with Crippen LogP contribution in [0.25, 0.3) is 11.3 Å². The molecular weight excluding hydrogens is 558 g/mol. The van der Waals surface area contributed by atoms with Crippen LogP contribution in [0.15, 0.2) is 48.7 Å². The van der Waals surface area contributed by atoms with Crippen molar-refractivity contribution in [2.24, 2.45) is 0 Å². The van der Waals surface area contributed by atoms with Crippen molar-refractivity contribution < 1.29 is 24.2 Å². The first-order valence-corrected chi connectivity index (χ1v) is 14.5. The first-order chi connectivity index (χ1) is 20.3. The molecule has 42 heavy (non-hydrogen) atoms. The molecule has 10 nitrogen and oxygen atoms in total. The molecule has 0 bridgehead atoms. The van der Waals surface area contributed by atoms with Gasteiger partial charge in [0, 0.05) is 30.8 Å². The summed E-state index contributed by atoms with van der Waals surface area (Å²) in [5.74, 6) is 0.487. The first-order valence-electron chi connectivity index (χ1n) is 14.1. The number of hydrogen-bond acceptors (Lipinski definition) is 8. The van der Waals surface area contributed by atoms with Gasteiger partial charge in [0.15, 0.2) is 0 Å². The predicted molar refractivity (Wildman–Crippen MR) is 159 cm³/mol. The van der Waals surface area contributed by atoms with Crippen molar-refractivity contribution in [3.8, 4) is 17.0 Å². The Labute approximate surface area is 250 Å². The van der Waals surface area contributed by atoms with Crippen molar-refractivity contribution in [3.05, 3.63) is 70.4 Å². The fraction of sp³-hybridized carbons (Fsp3) is 0.419. The molecule has 1 saturated carbocycles. The fourth-order valence-corrected chi connectivity index (χ4v) is 5.77. The molecule has 3 aromatic rings. The van der Waals surface area contributed by atoms with Gasteiger partial charge in [0.2, 0.25) is 11.9 Å². The lowest BCUT2D eigenvalue weighted by Crippen LogP contribution is -2.46. The van der Waals surface area contributed by atoms with Gasteiger partial charge in [0.1, 0.15) is 11.8 Å². The first kappa shape index (κ1) is 29.8. The smallest absolute Gasteiger partial charge is 0.255 e. The highest BCUT2D eigenvalue weighted by Crippen LogP contribution is 2.33. The molecule has 0 saturated heterocycles. The third-order valence-corrected chi connectivity index (χ3v) is 8.42. The molecule has 2 atom stereocenters. The minimum atomic E-state index is -0.764. The Morgan fingerprint density at radius 2 is 1.95 bits per heavy atom. The van der Waals surface area contributed by atoms with Gasteiger partial charge >= 0.3 is 0 Å². The van der Waals surface area contributed by atoms with Gasteiger partial charge in [0.25, 0.3) is 5.91 Å². The molecule has 0 unspecified atom stereocenters. The summed E-state index contributed by atoms with van der Waals surface area (Å²) < 4.78 is 10.7. The summed E-state index contributed by atoms with van der Waals surface area (Å²) in [6.07, 6.45) is 5.76. The molecule has 5 rings (SSSR count). The van der Waals surface area contributed by atoms with Crippen molar-refractivity contribution in [2.45, 2.75) is 63.4 Å². The molecule has 1 aliphatic carbocycles. The summed E-state index contributed by atoms with van der Waals surface area (Å²) in [7, 11) is 3.30. The molecule has 3 N–H and O–H groups in total. The number of amides is 2. The van der Waals surface area contributed by atoms with E-state index in [1.165, 1.54) is 4.90 Å². The third kappa shape index (κ3) is 6.35. The van der Waals surface area contributed by atoms with E-state index in [4.69, 9.17) is 21.1 Å². The predicted octanol–water partition coefficient (Wildman–Crippen LogP) is 4.37. The number of aliphatic hydroxyl groups excluding tert-OH is 1. The normalized spacial score (nSPS) is 19.6. The summed E-state index contributed by atoms with van der Waals surface area (Å²) in [6, 6.07) is 11.5. The summed E-state index contributed by atoms with van der Waals surface area (Å²) in [5.41, 5.74) is 3.24. The highest BCUT2D eigenvalue weighted by molar-refractivity contribution is 6.33. The maximum absolute atomic E-state index is 13.5. The number of nitrogens with one attached hydrogen (secondary N) is 2. The summed E-state index contributed by atoms with van der Waals surface area (Å²) >= 11 is 6.51. The Hall–Kier alpha value is -3.73. The van der Waals surface area contributed by atoms with Crippen molar-refractivity contribution in [3.63, 3.8) is 0 Å². The number of rotatable bonds is 10. The number of aromatic nitrogens is 2. The van der Waals surface area contributed by atoms with Gasteiger partial charge in [-0.25, -0.2) is 9.97 Å². The highest BCUT2D eigenvalue weighted by atomic mass is 35.5. The number of nitrogens with zero attached hydrogens (tertiary/aromatic N) is 3. The van der Waals surface area contributed by atoms with Gasteiger partial charge in [-0.05, 0) is 61.9 Å². The molecule has 2 heterocycles. The second kappa shape index (κ2) is 13.1. The van der Waals surface area contributed by atoms with E-state index in [-0.39, 0.29) is 24.5 Å². The SMILES string of the molecule is COc1cccc([C@@H](CO)NC(=O)[C@@H](C)N2Cc3ccc(-c4nc(NC5CCC(OC)CC5)ncc4Cl)cc3C2=O)c1. The van der Waals surface area contributed by atoms with Crippen LogP contribution < -0.4 is 15.4 Å². The van der Waals surface area contributed by atoms with Crippen molar-refractivity contribution in [1.29, 1.82) is 0 Å². The van der Waals surface area contributed by atoms with Crippen LogP contribution in [0.4, 0.5) is 5.95 Å². The van der Waals surface area contributed by atoms with E-state index in [0.717, 1.165) is 31.2 Å². The molecule has 1 aromatic heterocycles. The number of fused-ring (bicyclic) bond motifs is 1. The Morgan fingerprint density at radius 1 is 1.17 bits per heavy atom. The van der Waals surface area contributed by atoms with E-state index < -0.39 is 12.1 Å². The lowest BCUT2D eigenvalue weighted by molar-refractivity contribution is -0.126. The molecule has 2 aromatic carbocycles. The van der Waals surface area contributed by atoms with Crippen LogP contribution in [-0.4, -0.2) is 70.8 Å². The highest BCUT2D eigenvalue weighted by Gasteiger charge is 2.35. The zero-order chi connectivity index (χ0) is 29.8. The number of carbonyl (C=O) groups excluding carboxylic acids is 2. The van der Waals surface area contributed by atoms with Crippen LogP contribution in [-0.2, 0) is 16.1 Å². The molecule has 11 heteroatoms. The average Bonchev–Trinajstić information content (AvgIpc) is 3.35. The number of benzene rings is 2. The lowest BCUT2D eigenvalue weighted by Gasteiger charge is -2.28. The number of methoxy groups -OCH3 is 2. The van der Waals surface area contributed by atoms with Crippen LogP contribution in [0.2, 0.25) is 5.02 Å². The van der Waals surface area contributed by atoms with Crippen LogP contribution in [0.1, 0.15) is 60.1 Å². The second-order valence-electron chi connectivity index (χ2n) is 10.7. The molecule has 1 aliphatic heterocycles. The van der Waals surface area contributed by atoms with Gasteiger partial charge in [-0.2, -0.15) is 0 Å². The van der Waals surface area contributed by atoms with E-state index >= 15 is 0 Å². The summed E-state index contributed by atoms with van der Waals surface area (Å²) in [4.78, 5) is 37.3. The van der Waals surface area contributed by atoms with Gasteiger partial charge in [0.05, 0.1) is 42.8 Å². The second-order valence-corrected chi connectivity index (χ2v) is 11.2. The molecule has 0 spiro atoms. The zero-order valence-electron chi connectivity index (χ0n) is 24.0. The fourth-order valence-electron chi connectivity index (χ4n) is 5.57. The standard InChI is InChI=1S/C31H36ClN5O5/c1-18(29(39)35-27(17-38)19-5-4-6-24(13-19)42-3)37-16-21-8-7-20(14-25(21)30(37)40)28-26(32)15-33-31(36-28)34-22-9-11-23(41-2)12-10-22/h4-8,13-15,18,22-23,27,38H,9-12,16-17H2,1-3H3,(H,35,39)(H,33,34,36)/t18-,22?,23?,27-/m1/s1. The number of ether oxygens (including phenoxy) is 2. The van der Waals surface area contributed by atoms with Gasteiger partial charge in [-0.1, -0.05) is 35.9 Å².